The van der Waals surface area contributed by atoms with E-state index in [9.17, 15) is 0 Å². The quantitative estimate of drug-likeness (QED) is 0.916. The number of rotatable bonds is 3. The highest BCUT2D eigenvalue weighted by Gasteiger charge is 2.22. The van der Waals surface area contributed by atoms with Gasteiger partial charge in [0.1, 0.15) is 12.2 Å². The van der Waals surface area contributed by atoms with E-state index in [0.29, 0.717) is 6.04 Å². The third-order valence-corrected chi connectivity index (χ3v) is 4.78. The van der Waals surface area contributed by atoms with Crippen LogP contribution in [0.4, 0.5) is 0 Å². The Bertz CT molecular complexity index is 494. The Labute approximate surface area is 112 Å². The molecular formula is C11H13BrN4S. The van der Waals surface area contributed by atoms with E-state index in [0.717, 1.165) is 12.4 Å². The molecule has 2 aromatic rings. The highest BCUT2D eigenvalue weighted by atomic mass is 79.9. The van der Waals surface area contributed by atoms with Gasteiger partial charge < -0.3 is 5.32 Å². The van der Waals surface area contributed by atoms with Gasteiger partial charge in [-0.25, -0.2) is 4.98 Å². The highest BCUT2D eigenvalue weighted by Crippen LogP contribution is 2.37. The molecule has 17 heavy (non-hydrogen) atoms. The van der Waals surface area contributed by atoms with Crippen LogP contribution in [0.5, 0.6) is 0 Å². The van der Waals surface area contributed by atoms with Crippen molar-refractivity contribution in [1.29, 1.82) is 0 Å². The fourth-order valence-electron chi connectivity index (χ4n) is 2.27. The van der Waals surface area contributed by atoms with Gasteiger partial charge in [0.05, 0.1) is 10.3 Å². The van der Waals surface area contributed by atoms with Gasteiger partial charge in [-0.15, -0.1) is 11.3 Å². The lowest BCUT2D eigenvalue weighted by Crippen LogP contribution is -2.24. The summed E-state index contributed by atoms with van der Waals surface area (Å²) in [6.07, 6.45) is 5.22. The molecule has 0 bridgehead atoms. The summed E-state index contributed by atoms with van der Waals surface area (Å²) < 4.78 is 1.23. The molecule has 3 rings (SSSR count). The SMILES string of the molecule is Brc1cc2c(s1)CCCC2NCc1ncn[nH]1. The van der Waals surface area contributed by atoms with E-state index in [2.05, 4.69) is 42.5 Å². The number of halogens is 1. The number of nitrogens with one attached hydrogen (secondary N) is 2. The summed E-state index contributed by atoms with van der Waals surface area (Å²) in [5.41, 5.74) is 1.45. The molecule has 1 atom stereocenters. The fraction of sp³-hybridized carbons (Fsp3) is 0.455. The van der Waals surface area contributed by atoms with Crippen LogP contribution in [0.3, 0.4) is 0 Å². The van der Waals surface area contributed by atoms with Gasteiger partial charge in [0.2, 0.25) is 0 Å². The lowest BCUT2D eigenvalue weighted by Gasteiger charge is -2.23. The molecule has 90 valence electrons. The lowest BCUT2D eigenvalue weighted by molar-refractivity contribution is 0.457. The first-order valence-electron chi connectivity index (χ1n) is 5.68. The number of hydrogen-bond donors (Lipinski definition) is 2. The molecule has 1 aliphatic rings. The van der Waals surface area contributed by atoms with E-state index in [1.165, 1.54) is 33.5 Å². The minimum atomic E-state index is 0.450. The second kappa shape index (κ2) is 4.88. The summed E-state index contributed by atoms with van der Waals surface area (Å²) in [4.78, 5) is 5.64. The Balaban J connectivity index is 1.72. The second-order valence-corrected chi connectivity index (χ2v) is 6.70. The van der Waals surface area contributed by atoms with E-state index in [-0.39, 0.29) is 0 Å². The van der Waals surface area contributed by atoms with Crippen LogP contribution in [0.2, 0.25) is 0 Å². The summed E-state index contributed by atoms with van der Waals surface area (Å²) in [5.74, 6) is 0.895. The number of hydrogen-bond acceptors (Lipinski definition) is 4. The van der Waals surface area contributed by atoms with E-state index in [4.69, 9.17) is 0 Å². The molecule has 6 heteroatoms. The van der Waals surface area contributed by atoms with E-state index >= 15 is 0 Å². The zero-order valence-corrected chi connectivity index (χ0v) is 11.6. The number of fused-ring (bicyclic) bond motifs is 1. The number of H-pyrrole nitrogens is 1. The van der Waals surface area contributed by atoms with Crippen molar-refractivity contribution in [1.82, 2.24) is 20.5 Å². The maximum absolute atomic E-state index is 4.13. The Morgan fingerprint density at radius 3 is 3.35 bits per heavy atom. The lowest BCUT2D eigenvalue weighted by atomic mass is 9.94. The van der Waals surface area contributed by atoms with Gasteiger partial charge >= 0.3 is 0 Å². The van der Waals surface area contributed by atoms with E-state index in [1.54, 1.807) is 6.33 Å². The Kier molecular flexibility index (Phi) is 3.26. The summed E-state index contributed by atoms with van der Waals surface area (Å²) in [6, 6.07) is 2.70. The monoisotopic (exact) mass is 312 g/mol. The molecule has 0 saturated heterocycles. The molecule has 1 aliphatic carbocycles. The molecule has 0 amide bonds. The first-order chi connectivity index (χ1) is 8.33. The van der Waals surface area contributed by atoms with Crippen LogP contribution in [0.1, 0.15) is 35.1 Å². The third-order valence-electron chi connectivity index (χ3n) is 3.06. The molecule has 0 saturated carbocycles. The van der Waals surface area contributed by atoms with E-state index < -0.39 is 0 Å². The summed E-state index contributed by atoms with van der Waals surface area (Å²) in [7, 11) is 0. The van der Waals surface area contributed by atoms with Crippen molar-refractivity contribution in [2.75, 3.05) is 0 Å². The van der Waals surface area contributed by atoms with Crippen LogP contribution in [0.25, 0.3) is 0 Å². The van der Waals surface area contributed by atoms with Crippen molar-refractivity contribution in [3.05, 3.63) is 32.4 Å². The largest absolute Gasteiger partial charge is 0.303 e. The first-order valence-corrected chi connectivity index (χ1v) is 7.29. The van der Waals surface area contributed by atoms with Crippen molar-refractivity contribution >= 4 is 27.3 Å². The molecule has 2 aromatic heterocycles. The maximum atomic E-state index is 4.13. The Morgan fingerprint density at radius 1 is 1.59 bits per heavy atom. The average Bonchev–Trinajstić information content (AvgIpc) is 2.93. The fourth-order valence-corrected chi connectivity index (χ4v) is 4.09. The van der Waals surface area contributed by atoms with Crippen molar-refractivity contribution in [2.45, 2.75) is 31.8 Å². The van der Waals surface area contributed by atoms with Gasteiger partial charge in [-0.05, 0) is 46.8 Å². The third kappa shape index (κ3) is 2.43. The first kappa shape index (κ1) is 11.4. The second-order valence-electron chi connectivity index (χ2n) is 4.19. The van der Waals surface area contributed by atoms with Gasteiger partial charge in [-0.2, -0.15) is 5.10 Å². The standard InChI is InChI=1S/C11H13BrN4S/c12-10-4-7-8(2-1-3-9(7)17-10)13-5-11-14-6-15-16-11/h4,6,8,13H,1-3,5H2,(H,14,15,16). The topological polar surface area (TPSA) is 53.6 Å². The Hall–Kier alpha value is -0.720. The van der Waals surface area contributed by atoms with Crippen LogP contribution in [0, 0.1) is 0 Å². The molecule has 0 radical (unpaired) electrons. The van der Waals surface area contributed by atoms with Gasteiger partial charge in [0, 0.05) is 10.9 Å². The number of nitrogens with zero attached hydrogens (tertiary/aromatic N) is 2. The number of aryl methyl sites for hydroxylation is 1. The minimum absolute atomic E-state index is 0.450. The predicted molar refractivity (Wildman–Crippen MR) is 70.9 cm³/mol. The molecule has 0 fully saturated rings. The van der Waals surface area contributed by atoms with Gasteiger partial charge in [0.25, 0.3) is 0 Å². The molecule has 2 heterocycles. The smallest absolute Gasteiger partial charge is 0.138 e. The van der Waals surface area contributed by atoms with Crippen LogP contribution in [0.15, 0.2) is 16.2 Å². The van der Waals surface area contributed by atoms with E-state index in [1.807, 2.05) is 11.3 Å². The van der Waals surface area contributed by atoms with Crippen LogP contribution < -0.4 is 5.32 Å². The molecule has 0 aromatic carbocycles. The summed E-state index contributed by atoms with van der Waals surface area (Å²) >= 11 is 5.43. The van der Waals surface area contributed by atoms with Crippen LogP contribution in [-0.4, -0.2) is 15.2 Å². The molecular weight excluding hydrogens is 300 g/mol. The predicted octanol–water partition coefficient (Wildman–Crippen LogP) is 2.80. The number of thiophene rings is 1. The van der Waals surface area contributed by atoms with Crippen molar-refractivity contribution < 1.29 is 0 Å². The molecule has 1 unspecified atom stereocenters. The molecule has 0 spiro atoms. The van der Waals surface area contributed by atoms with Gasteiger partial charge in [-0.3, -0.25) is 5.10 Å². The van der Waals surface area contributed by atoms with Crippen LogP contribution >= 0.6 is 27.3 Å². The van der Waals surface area contributed by atoms with Crippen molar-refractivity contribution in [3.8, 4) is 0 Å². The average molecular weight is 313 g/mol. The number of aromatic nitrogens is 3. The molecule has 4 nitrogen and oxygen atoms in total. The highest BCUT2D eigenvalue weighted by molar-refractivity contribution is 9.11. The normalized spacial score (nSPS) is 19.2. The van der Waals surface area contributed by atoms with Crippen LogP contribution in [-0.2, 0) is 13.0 Å². The Morgan fingerprint density at radius 2 is 2.53 bits per heavy atom. The summed E-state index contributed by atoms with van der Waals surface area (Å²) in [6.45, 7) is 0.748. The van der Waals surface area contributed by atoms with Gasteiger partial charge in [-0.1, -0.05) is 0 Å². The van der Waals surface area contributed by atoms with Crippen molar-refractivity contribution in [3.63, 3.8) is 0 Å². The van der Waals surface area contributed by atoms with Gasteiger partial charge in [0.15, 0.2) is 0 Å². The molecule has 2 N–H and O–H groups in total. The zero-order chi connectivity index (χ0) is 11.7. The number of aromatic amines is 1. The molecule has 0 aliphatic heterocycles. The minimum Gasteiger partial charge on any atom is -0.303 e. The van der Waals surface area contributed by atoms with Crippen molar-refractivity contribution in [2.24, 2.45) is 0 Å². The maximum Gasteiger partial charge on any atom is 0.138 e. The zero-order valence-electron chi connectivity index (χ0n) is 9.24. The summed E-state index contributed by atoms with van der Waals surface area (Å²) in [5, 5.41) is 10.3.